The first kappa shape index (κ1) is 23.4. The third kappa shape index (κ3) is 7.20. The molecule has 0 amide bonds. The van der Waals surface area contributed by atoms with Crippen LogP contribution in [-0.2, 0) is 9.47 Å². The first-order chi connectivity index (χ1) is 14.6. The molecule has 2 aromatic rings. The summed E-state index contributed by atoms with van der Waals surface area (Å²) in [4.78, 5) is 12.4. The molecule has 3 N–H and O–H groups in total. The minimum Gasteiger partial charge on any atom is -0.394 e. The number of benzene rings is 2. The number of hydrogen-bond donors (Lipinski definition) is 3. The Kier molecular flexibility index (Phi) is 9.88. The number of anilines is 1. The molecule has 0 bridgehead atoms. The maximum Gasteiger partial charge on any atom is 0.269 e. The number of non-ortho nitro benzene ring substituents is 1. The number of ether oxygens (including phenoxy) is 2. The fraction of sp³-hybridized carbons (Fsp3) is 0.381. The predicted octanol–water partition coefficient (Wildman–Crippen LogP) is 1.84. The van der Waals surface area contributed by atoms with Gasteiger partial charge >= 0.3 is 0 Å². The summed E-state index contributed by atoms with van der Waals surface area (Å²) in [6, 6.07) is 13.4. The lowest BCUT2D eigenvalue weighted by atomic mass is 10.0. The zero-order valence-electron chi connectivity index (χ0n) is 16.7. The monoisotopic (exact) mass is 417 g/mol. The molecule has 0 radical (unpaired) electrons. The zero-order chi connectivity index (χ0) is 21.8. The minimum absolute atomic E-state index is 0.00984. The van der Waals surface area contributed by atoms with E-state index in [-0.39, 0.29) is 37.8 Å². The van der Waals surface area contributed by atoms with Gasteiger partial charge in [0.1, 0.15) is 0 Å². The second-order valence-corrected chi connectivity index (χ2v) is 6.38. The Morgan fingerprint density at radius 2 is 1.33 bits per heavy atom. The van der Waals surface area contributed by atoms with Gasteiger partial charge in [0.2, 0.25) is 0 Å². The average molecular weight is 417 g/mol. The normalized spacial score (nSPS) is 10.7. The highest BCUT2D eigenvalue weighted by atomic mass is 16.6. The zero-order valence-corrected chi connectivity index (χ0v) is 16.7. The van der Waals surface area contributed by atoms with Crippen LogP contribution in [0.2, 0.25) is 0 Å². The van der Waals surface area contributed by atoms with Gasteiger partial charge in [-0.3, -0.25) is 15.5 Å². The number of nitrogens with zero attached hydrogens (tertiary/aromatic N) is 2. The Balaban J connectivity index is 2.05. The molecule has 2 aromatic carbocycles. The second kappa shape index (κ2) is 12.7. The summed E-state index contributed by atoms with van der Waals surface area (Å²) in [6.45, 7) is 2.59. The topological polar surface area (TPSA) is 129 Å². The lowest BCUT2D eigenvalue weighted by Crippen LogP contribution is -2.31. The van der Waals surface area contributed by atoms with Gasteiger partial charge in [0.05, 0.1) is 50.3 Å². The Hall–Kier alpha value is -2.85. The molecule has 30 heavy (non-hydrogen) atoms. The van der Waals surface area contributed by atoms with Crippen molar-refractivity contribution in [1.29, 1.82) is 5.41 Å². The van der Waals surface area contributed by atoms with Crippen LogP contribution in [0.1, 0.15) is 11.1 Å². The van der Waals surface area contributed by atoms with Crippen LogP contribution in [0.25, 0.3) is 0 Å². The molecule has 0 atom stereocenters. The molecule has 0 saturated heterocycles. The highest BCUT2D eigenvalue weighted by Gasteiger charge is 2.11. The largest absolute Gasteiger partial charge is 0.394 e. The van der Waals surface area contributed by atoms with Gasteiger partial charge in [0.15, 0.2) is 0 Å². The van der Waals surface area contributed by atoms with Gasteiger partial charge in [0.25, 0.3) is 5.69 Å². The third-order valence-corrected chi connectivity index (χ3v) is 4.37. The van der Waals surface area contributed by atoms with Gasteiger partial charge in [-0.25, -0.2) is 0 Å². The van der Waals surface area contributed by atoms with E-state index < -0.39 is 4.92 Å². The van der Waals surface area contributed by atoms with Crippen LogP contribution in [0.3, 0.4) is 0 Å². The third-order valence-electron chi connectivity index (χ3n) is 4.37. The predicted molar refractivity (Wildman–Crippen MR) is 113 cm³/mol. The number of hydrogen-bond acceptors (Lipinski definition) is 8. The van der Waals surface area contributed by atoms with Crippen LogP contribution >= 0.6 is 0 Å². The summed E-state index contributed by atoms with van der Waals surface area (Å²) in [7, 11) is 0. The van der Waals surface area contributed by atoms with Crippen LogP contribution in [0.5, 0.6) is 0 Å². The van der Waals surface area contributed by atoms with Crippen molar-refractivity contribution in [1.82, 2.24) is 0 Å². The Morgan fingerprint density at radius 1 is 0.867 bits per heavy atom. The van der Waals surface area contributed by atoms with Crippen LogP contribution < -0.4 is 4.90 Å². The van der Waals surface area contributed by atoms with Gasteiger partial charge < -0.3 is 24.6 Å². The van der Waals surface area contributed by atoms with Crippen LogP contribution in [-0.4, -0.2) is 73.6 Å². The van der Waals surface area contributed by atoms with Gasteiger partial charge in [-0.15, -0.1) is 0 Å². The molecule has 162 valence electrons. The highest BCUT2D eigenvalue weighted by Crippen LogP contribution is 2.19. The van der Waals surface area contributed by atoms with E-state index in [1.54, 1.807) is 12.1 Å². The number of nitrogens with one attached hydrogen (secondary N) is 1. The smallest absolute Gasteiger partial charge is 0.269 e. The van der Waals surface area contributed by atoms with Crippen molar-refractivity contribution in [3.8, 4) is 0 Å². The molecular formula is C21H27N3O6. The molecular weight excluding hydrogens is 390 g/mol. The van der Waals surface area contributed by atoms with Crippen molar-refractivity contribution in [3.05, 3.63) is 69.8 Å². The number of nitro benzene ring substituents is 1. The first-order valence-corrected chi connectivity index (χ1v) is 9.62. The summed E-state index contributed by atoms with van der Waals surface area (Å²) >= 11 is 0. The van der Waals surface area contributed by atoms with Crippen molar-refractivity contribution in [3.63, 3.8) is 0 Å². The van der Waals surface area contributed by atoms with Crippen molar-refractivity contribution in [2.45, 2.75) is 0 Å². The van der Waals surface area contributed by atoms with E-state index in [4.69, 9.17) is 25.1 Å². The van der Waals surface area contributed by atoms with Gasteiger partial charge in [-0.2, -0.15) is 0 Å². The molecule has 9 heteroatoms. The molecule has 0 aromatic heterocycles. The van der Waals surface area contributed by atoms with E-state index >= 15 is 0 Å². The molecule has 0 aliphatic heterocycles. The molecule has 2 rings (SSSR count). The van der Waals surface area contributed by atoms with E-state index in [1.807, 2.05) is 24.3 Å². The van der Waals surface area contributed by atoms with Gasteiger partial charge in [0, 0.05) is 42.0 Å². The summed E-state index contributed by atoms with van der Waals surface area (Å²) in [6.07, 6.45) is 0. The summed E-state index contributed by atoms with van der Waals surface area (Å²) in [5.74, 6) is 0. The summed E-state index contributed by atoms with van der Waals surface area (Å²) in [5.41, 5.74) is 2.49. The van der Waals surface area contributed by atoms with E-state index in [0.29, 0.717) is 37.4 Å². The van der Waals surface area contributed by atoms with Crippen molar-refractivity contribution in [2.75, 3.05) is 57.6 Å². The molecule has 9 nitrogen and oxygen atoms in total. The lowest BCUT2D eigenvalue weighted by molar-refractivity contribution is -0.384. The molecule has 0 saturated carbocycles. The van der Waals surface area contributed by atoms with Crippen LogP contribution in [0.15, 0.2) is 48.5 Å². The van der Waals surface area contributed by atoms with Crippen LogP contribution in [0, 0.1) is 15.5 Å². The summed E-state index contributed by atoms with van der Waals surface area (Å²) < 4.78 is 10.7. The molecule has 0 aliphatic rings. The number of rotatable bonds is 14. The van der Waals surface area contributed by atoms with Crippen molar-refractivity contribution in [2.24, 2.45) is 0 Å². The quantitative estimate of drug-likeness (QED) is 0.185. The lowest BCUT2D eigenvalue weighted by Gasteiger charge is -2.25. The fourth-order valence-corrected chi connectivity index (χ4v) is 2.81. The van der Waals surface area contributed by atoms with E-state index in [0.717, 1.165) is 5.69 Å². The standard InChI is InChI=1S/C21H27N3O6/c22-21(18-3-7-20(8-4-18)24(27)28)17-1-5-19(6-2-17)23(9-13-29-15-11-25)10-14-30-16-12-26/h1-8,22,25-26H,9-16H2. The number of aliphatic hydroxyl groups excluding tert-OH is 2. The average Bonchev–Trinajstić information content (AvgIpc) is 2.78. The van der Waals surface area contributed by atoms with E-state index in [1.165, 1.54) is 12.1 Å². The Morgan fingerprint density at radius 3 is 1.77 bits per heavy atom. The molecule has 0 unspecified atom stereocenters. The maximum atomic E-state index is 10.8. The summed E-state index contributed by atoms with van der Waals surface area (Å²) in [5, 5.41) is 36.8. The van der Waals surface area contributed by atoms with Gasteiger partial charge in [-0.05, 0) is 24.3 Å². The van der Waals surface area contributed by atoms with E-state index in [2.05, 4.69) is 4.90 Å². The number of nitro groups is 1. The fourth-order valence-electron chi connectivity index (χ4n) is 2.81. The Bertz CT molecular complexity index is 783. The molecule has 0 spiro atoms. The minimum atomic E-state index is -0.467. The van der Waals surface area contributed by atoms with Crippen molar-refractivity contribution >= 4 is 17.1 Å². The highest BCUT2D eigenvalue weighted by molar-refractivity contribution is 6.11. The van der Waals surface area contributed by atoms with Crippen molar-refractivity contribution < 1.29 is 24.6 Å². The van der Waals surface area contributed by atoms with Gasteiger partial charge in [-0.1, -0.05) is 12.1 Å². The SMILES string of the molecule is N=C(c1ccc(N(CCOCCO)CCOCCO)cc1)c1ccc([N+](=O)[O-])cc1. The molecule has 0 fully saturated rings. The molecule has 0 heterocycles. The van der Waals surface area contributed by atoms with E-state index in [9.17, 15) is 10.1 Å². The second-order valence-electron chi connectivity index (χ2n) is 6.38. The first-order valence-electron chi connectivity index (χ1n) is 9.62. The Labute approximate surface area is 175 Å². The van der Waals surface area contributed by atoms with Crippen LogP contribution in [0.4, 0.5) is 11.4 Å². The molecule has 0 aliphatic carbocycles. The maximum absolute atomic E-state index is 10.8. The number of aliphatic hydroxyl groups is 2.